The molecular weight excluding hydrogens is 354 g/mol. The van der Waals surface area contributed by atoms with Crippen molar-refractivity contribution in [2.75, 3.05) is 11.8 Å². The zero-order valence-corrected chi connectivity index (χ0v) is 13.0. The lowest BCUT2D eigenvalue weighted by Gasteiger charge is -2.14. The van der Waals surface area contributed by atoms with Crippen LogP contribution in [-0.4, -0.2) is 37.8 Å². The van der Waals surface area contributed by atoms with Crippen LogP contribution >= 0.6 is 15.9 Å². The Balaban J connectivity index is 3.04. The van der Waals surface area contributed by atoms with E-state index >= 15 is 0 Å². The van der Waals surface area contributed by atoms with Crippen molar-refractivity contribution in [3.05, 3.63) is 28.2 Å². The number of carbonyl (C=O) groups excluding carboxylic acids is 1. The molecule has 0 saturated carbocycles. The van der Waals surface area contributed by atoms with E-state index in [0.29, 0.717) is 0 Å². The fourth-order valence-corrected chi connectivity index (χ4v) is 2.89. The van der Waals surface area contributed by atoms with Crippen LogP contribution in [0.3, 0.4) is 0 Å². The summed E-state index contributed by atoms with van der Waals surface area (Å²) in [6, 6.07) is 3.78. The zero-order chi connectivity index (χ0) is 15.5. The summed E-state index contributed by atoms with van der Waals surface area (Å²) in [6.07, 6.45) is 0. The first-order chi connectivity index (χ1) is 9.19. The van der Waals surface area contributed by atoms with Gasteiger partial charge in [-0.2, -0.15) is 0 Å². The smallest absolute Gasteiger partial charge is 0.335 e. The minimum atomic E-state index is -3.98. The number of esters is 1. The van der Waals surface area contributed by atoms with E-state index in [1.807, 2.05) is 0 Å². The van der Waals surface area contributed by atoms with Crippen molar-refractivity contribution in [2.45, 2.75) is 12.2 Å². The molecule has 1 aromatic rings. The normalized spacial score (nSPS) is 12.6. The number of anilines is 1. The molecule has 1 atom stereocenters. The average Bonchev–Trinajstić information content (AvgIpc) is 2.38. The van der Waals surface area contributed by atoms with Crippen molar-refractivity contribution in [3.63, 3.8) is 0 Å². The quantitative estimate of drug-likeness (QED) is 0.764. The van der Waals surface area contributed by atoms with Gasteiger partial charge in [0.25, 0.3) is 0 Å². The van der Waals surface area contributed by atoms with E-state index in [9.17, 15) is 18.0 Å². The van der Waals surface area contributed by atoms with Gasteiger partial charge in [-0.25, -0.2) is 13.2 Å². The summed E-state index contributed by atoms with van der Waals surface area (Å²) in [5, 5.41) is 7.41. The van der Waals surface area contributed by atoms with Crippen LogP contribution in [0.15, 0.2) is 22.7 Å². The Bertz CT molecular complexity index is 642. The Morgan fingerprint density at radius 3 is 2.45 bits per heavy atom. The molecule has 0 spiro atoms. The van der Waals surface area contributed by atoms with Gasteiger partial charge in [0, 0.05) is 4.47 Å². The predicted octanol–water partition coefficient (Wildman–Crippen LogP) is 1.45. The van der Waals surface area contributed by atoms with Crippen molar-refractivity contribution in [3.8, 4) is 0 Å². The molecule has 2 N–H and O–H groups in total. The number of aromatic carboxylic acids is 1. The van der Waals surface area contributed by atoms with Gasteiger partial charge in [0.05, 0.1) is 18.4 Å². The number of benzene rings is 1. The lowest BCUT2D eigenvalue weighted by molar-refractivity contribution is -0.139. The van der Waals surface area contributed by atoms with E-state index in [0.717, 1.165) is 7.11 Å². The summed E-state index contributed by atoms with van der Waals surface area (Å²) in [5.41, 5.74) is 0.131. The van der Waals surface area contributed by atoms with Crippen molar-refractivity contribution in [1.29, 1.82) is 0 Å². The number of carbonyl (C=O) groups is 2. The van der Waals surface area contributed by atoms with Gasteiger partial charge in [-0.1, -0.05) is 0 Å². The van der Waals surface area contributed by atoms with Crippen LogP contribution < -0.4 is 4.72 Å². The van der Waals surface area contributed by atoms with Crippen LogP contribution in [0.2, 0.25) is 0 Å². The van der Waals surface area contributed by atoms with Crippen molar-refractivity contribution in [2.24, 2.45) is 0 Å². The van der Waals surface area contributed by atoms with E-state index in [4.69, 9.17) is 5.11 Å². The number of halogens is 1. The lowest BCUT2D eigenvalue weighted by Crippen LogP contribution is -2.33. The molecule has 0 bridgehead atoms. The second-order valence-corrected chi connectivity index (χ2v) is 6.67. The first kappa shape index (κ1) is 16.4. The number of carboxylic acids is 1. The predicted molar refractivity (Wildman–Crippen MR) is 75.1 cm³/mol. The van der Waals surface area contributed by atoms with Gasteiger partial charge in [0.1, 0.15) is 0 Å². The van der Waals surface area contributed by atoms with Crippen LogP contribution in [0, 0.1) is 0 Å². The highest BCUT2D eigenvalue weighted by Gasteiger charge is 2.29. The summed E-state index contributed by atoms with van der Waals surface area (Å²) < 4.78 is 30.7. The maximum atomic E-state index is 11.9. The van der Waals surface area contributed by atoms with Gasteiger partial charge in [0.2, 0.25) is 10.0 Å². The minimum Gasteiger partial charge on any atom is -0.478 e. The molecule has 1 unspecified atom stereocenters. The molecule has 0 aromatic heterocycles. The van der Waals surface area contributed by atoms with Crippen molar-refractivity contribution >= 4 is 43.6 Å². The third kappa shape index (κ3) is 3.70. The molecule has 1 rings (SSSR count). The number of carboxylic acid groups (broad SMARTS) is 1. The zero-order valence-electron chi connectivity index (χ0n) is 10.6. The van der Waals surface area contributed by atoms with Crippen LogP contribution in [0.5, 0.6) is 0 Å². The van der Waals surface area contributed by atoms with E-state index < -0.39 is 27.2 Å². The number of hydrogen-bond acceptors (Lipinski definition) is 5. The van der Waals surface area contributed by atoms with Gasteiger partial charge >= 0.3 is 11.9 Å². The summed E-state index contributed by atoms with van der Waals surface area (Å²) >= 11 is 3.06. The average molecular weight is 366 g/mol. The highest BCUT2D eigenvalue weighted by molar-refractivity contribution is 9.10. The number of methoxy groups -OCH3 is 1. The Kier molecular flexibility index (Phi) is 5.12. The van der Waals surface area contributed by atoms with Crippen LogP contribution in [-0.2, 0) is 19.6 Å². The monoisotopic (exact) mass is 365 g/mol. The van der Waals surface area contributed by atoms with Crippen LogP contribution in [0.4, 0.5) is 5.69 Å². The minimum absolute atomic E-state index is 0.000777. The molecule has 0 heterocycles. The fraction of sp³-hybridized carbons (Fsp3) is 0.273. The lowest BCUT2D eigenvalue weighted by atomic mass is 10.2. The second-order valence-electron chi connectivity index (χ2n) is 3.81. The Morgan fingerprint density at radius 1 is 1.40 bits per heavy atom. The van der Waals surface area contributed by atoms with E-state index in [1.165, 1.54) is 25.1 Å². The number of hydrogen-bond donors (Lipinski definition) is 2. The molecule has 9 heteroatoms. The molecule has 0 aliphatic heterocycles. The van der Waals surface area contributed by atoms with E-state index in [-0.39, 0.29) is 15.7 Å². The Labute approximate surface area is 124 Å². The molecule has 0 aliphatic carbocycles. The number of sulfonamides is 1. The fourth-order valence-electron chi connectivity index (χ4n) is 1.27. The van der Waals surface area contributed by atoms with E-state index in [1.54, 1.807) is 0 Å². The SMILES string of the molecule is COC(=O)C(C)S(=O)(=O)Nc1ccc(C(=O)O)cc1Br. The van der Waals surface area contributed by atoms with Gasteiger partial charge < -0.3 is 9.84 Å². The molecule has 0 aliphatic rings. The highest BCUT2D eigenvalue weighted by Crippen LogP contribution is 2.25. The van der Waals surface area contributed by atoms with E-state index in [2.05, 4.69) is 25.4 Å². The summed E-state index contributed by atoms with van der Waals surface area (Å²) in [4.78, 5) is 22.0. The molecule has 110 valence electrons. The van der Waals surface area contributed by atoms with Gasteiger partial charge in [-0.05, 0) is 41.1 Å². The molecule has 7 nitrogen and oxygen atoms in total. The Morgan fingerprint density at radius 2 is 2.00 bits per heavy atom. The topological polar surface area (TPSA) is 110 Å². The molecule has 0 saturated heterocycles. The molecule has 1 aromatic carbocycles. The molecule has 0 fully saturated rings. The molecule has 0 amide bonds. The maximum absolute atomic E-state index is 11.9. The van der Waals surface area contributed by atoms with Gasteiger partial charge in [0.15, 0.2) is 5.25 Å². The highest BCUT2D eigenvalue weighted by atomic mass is 79.9. The standard InChI is InChI=1S/C11H12BrNO6S/c1-6(11(16)19-2)20(17,18)13-9-4-3-7(10(14)15)5-8(9)12/h3-6,13H,1-2H3,(H,14,15). The van der Waals surface area contributed by atoms with Crippen molar-refractivity contribution < 1.29 is 27.9 Å². The first-order valence-corrected chi connectivity index (χ1v) is 7.65. The number of nitrogens with one attached hydrogen (secondary N) is 1. The third-order valence-corrected chi connectivity index (χ3v) is 4.75. The summed E-state index contributed by atoms with van der Waals surface area (Å²) in [5.74, 6) is -2.03. The largest absolute Gasteiger partial charge is 0.478 e. The second kappa shape index (κ2) is 6.23. The Hall–Kier alpha value is -1.61. The van der Waals surface area contributed by atoms with Crippen molar-refractivity contribution in [1.82, 2.24) is 0 Å². The molecular formula is C11H12BrNO6S. The molecule has 20 heavy (non-hydrogen) atoms. The molecule has 0 radical (unpaired) electrons. The summed E-state index contributed by atoms with van der Waals surface area (Å²) in [6.45, 7) is 1.19. The summed E-state index contributed by atoms with van der Waals surface area (Å²) in [7, 11) is -2.89. The first-order valence-electron chi connectivity index (χ1n) is 5.31. The maximum Gasteiger partial charge on any atom is 0.335 e. The van der Waals surface area contributed by atoms with Crippen LogP contribution in [0.25, 0.3) is 0 Å². The van der Waals surface area contributed by atoms with Gasteiger partial charge in [-0.3, -0.25) is 9.52 Å². The van der Waals surface area contributed by atoms with Crippen LogP contribution in [0.1, 0.15) is 17.3 Å². The van der Waals surface area contributed by atoms with Gasteiger partial charge in [-0.15, -0.1) is 0 Å². The third-order valence-electron chi connectivity index (χ3n) is 2.47. The number of ether oxygens (including phenoxy) is 1. The number of rotatable bonds is 5.